The first-order valence-corrected chi connectivity index (χ1v) is 24.2. The molecule has 2 aliphatic carbocycles. The molecule has 0 nitrogen and oxygen atoms in total. The third kappa shape index (κ3) is 3.35. The molecule has 0 heterocycles. The van der Waals surface area contributed by atoms with Crippen LogP contribution < -0.4 is 0 Å². The van der Waals surface area contributed by atoms with Gasteiger partial charge >= 0.3 is 186 Å². The topological polar surface area (TPSA) is 0 Å². The van der Waals surface area contributed by atoms with E-state index < -0.39 is 34.9 Å². The van der Waals surface area contributed by atoms with Gasteiger partial charge in [0.1, 0.15) is 0 Å². The monoisotopic (exact) mass is 516 g/mol. The van der Waals surface area contributed by atoms with Crippen LogP contribution >= 0.6 is 0 Å². The average Bonchev–Trinajstić information content (AvgIpc) is 3.18. The summed E-state index contributed by atoms with van der Waals surface area (Å²) in [6.07, 6.45) is 2.15. The molecular weight excluding hydrogens is 489 g/mol. The molecule has 5 heteroatoms. The Kier molecular flexibility index (Phi) is 5.34. The SMILES string of the molecule is CC1=C(C)C(C)[C]([Zr]([CH3])([CH3])(=[SiH2])[CH]2C=C(c3cc(F)c(F)cc3F)c3ccccc32)=C1C. The molecule has 0 radical (unpaired) electrons. The van der Waals surface area contributed by atoms with Crippen molar-refractivity contribution in [3.63, 3.8) is 0 Å². The fraction of sp³-hybridized carbons (Fsp3) is 0.308. The quantitative estimate of drug-likeness (QED) is 0.299. The van der Waals surface area contributed by atoms with Crippen molar-refractivity contribution in [2.45, 2.75) is 40.6 Å². The van der Waals surface area contributed by atoms with E-state index in [-0.39, 0.29) is 9.19 Å². The summed E-state index contributed by atoms with van der Waals surface area (Å²) in [6.45, 7) is 11.2. The van der Waals surface area contributed by atoms with Gasteiger partial charge in [-0.15, -0.1) is 0 Å². The van der Waals surface area contributed by atoms with Gasteiger partial charge in [0.25, 0.3) is 0 Å². The molecular formula is C26H29F3SiZr. The number of fused-ring (bicyclic) bond motifs is 1. The zero-order valence-electron chi connectivity index (χ0n) is 19.0. The maximum absolute atomic E-state index is 14.8. The van der Waals surface area contributed by atoms with E-state index >= 15 is 0 Å². The van der Waals surface area contributed by atoms with Crippen LogP contribution in [-0.2, 0) is 17.4 Å². The summed E-state index contributed by atoms with van der Waals surface area (Å²) < 4.78 is 49.2. The van der Waals surface area contributed by atoms with Crippen molar-refractivity contribution in [3.05, 3.63) is 96.6 Å². The number of rotatable bonds is 3. The second kappa shape index (κ2) is 7.28. The standard InChI is InChI=1S/C15H8F3.C9H13.2CH3.H2Si.Zr/c16-13-8-15(18)14(17)7-12(13)11-6-5-9-3-1-2-4-10(9)11;1-6-5-7(2)9(4)8(6)3;;;;/h1-8H;6H,1-4H3;2*1H3;1H2;. The molecule has 2 aliphatic rings. The molecule has 0 fully saturated rings. The van der Waals surface area contributed by atoms with Crippen molar-refractivity contribution >= 4 is 12.5 Å². The second-order valence-corrected chi connectivity index (χ2v) is 39.8. The van der Waals surface area contributed by atoms with Crippen molar-refractivity contribution in [2.24, 2.45) is 5.92 Å². The summed E-state index contributed by atoms with van der Waals surface area (Å²) in [6, 6.07) is 9.71. The molecule has 0 aromatic heterocycles. The summed E-state index contributed by atoms with van der Waals surface area (Å²) in [5, 5.41) is 0. The second-order valence-electron chi connectivity index (χ2n) is 10.3. The molecule has 4 rings (SSSR count). The van der Waals surface area contributed by atoms with Gasteiger partial charge in [-0.2, -0.15) is 0 Å². The Labute approximate surface area is 185 Å². The minimum absolute atomic E-state index is 0.137. The Bertz CT molecular complexity index is 1290. The zero-order valence-corrected chi connectivity index (χ0v) is 22.9. The molecule has 0 saturated heterocycles. The Morgan fingerprint density at radius 1 is 0.839 bits per heavy atom. The van der Waals surface area contributed by atoms with E-state index in [1.165, 1.54) is 22.3 Å². The number of hydrogen-bond acceptors (Lipinski definition) is 0. The molecule has 0 bridgehead atoms. The molecule has 2 aromatic carbocycles. The van der Waals surface area contributed by atoms with Gasteiger partial charge in [0, 0.05) is 0 Å². The van der Waals surface area contributed by atoms with Crippen LogP contribution in [0.25, 0.3) is 5.57 Å². The molecule has 0 spiro atoms. The minimum atomic E-state index is -3.63. The Balaban J connectivity index is 1.97. The number of hydrogen-bond donors (Lipinski definition) is 0. The van der Waals surface area contributed by atoms with Crippen molar-refractivity contribution in [3.8, 4) is 0 Å². The number of benzene rings is 2. The molecule has 2 unspecified atom stereocenters. The molecule has 162 valence electrons. The van der Waals surface area contributed by atoms with Gasteiger partial charge in [-0.05, 0) is 0 Å². The zero-order chi connectivity index (χ0) is 22.9. The van der Waals surface area contributed by atoms with Gasteiger partial charge in [0.05, 0.1) is 0 Å². The van der Waals surface area contributed by atoms with E-state index in [0.29, 0.717) is 17.6 Å². The first kappa shape index (κ1) is 22.7. The van der Waals surface area contributed by atoms with Crippen molar-refractivity contribution in [2.75, 3.05) is 0 Å². The van der Waals surface area contributed by atoms with Crippen LogP contribution in [0.3, 0.4) is 0 Å². The van der Waals surface area contributed by atoms with E-state index in [4.69, 9.17) is 0 Å². The third-order valence-corrected chi connectivity index (χ3v) is 25.0. The van der Waals surface area contributed by atoms with Gasteiger partial charge < -0.3 is 0 Å². The van der Waals surface area contributed by atoms with Gasteiger partial charge in [-0.1, -0.05) is 0 Å². The summed E-state index contributed by atoms with van der Waals surface area (Å²) in [5.41, 5.74) is 7.16. The predicted molar refractivity (Wildman–Crippen MR) is 123 cm³/mol. The van der Waals surface area contributed by atoms with E-state index in [1.807, 2.05) is 18.2 Å². The maximum atomic E-state index is 14.8. The summed E-state index contributed by atoms with van der Waals surface area (Å²) in [7, 11) is 0. The molecule has 0 saturated carbocycles. The van der Waals surface area contributed by atoms with Crippen LogP contribution in [0.1, 0.15) is 48.0 Å². The molecule has 0 aliphatic heterocycles. The molecule has 0 N–H and O–H groups in total. The van der Waals surface area contributed by atoms with Crippen molar-refractivity contribution < 1.29 is 30.6 Å². The summed E-state index contributed by atoms with van der Waals surface area (Å²) in [4.78, 5) is 0. The van der Waals surface area contributed by atoms with Crippen molar-refractivity contribution in [1.82, 2.24) is 0 Å². The van der Waals surface area contributed by atoms with E-state index in [1.54, 1.807) is 3.28 Å². The van der Waals surface area contributed by atoms with Crippen LogP contribution in [0, 0.1) is 23.4 Å². The van der Waals surface area contributed by atoms with E-state index in [2.05, 4.69) is 56.0 Å². The molecule has 0 amide bonds. The summed E-state index contributed by atoms with van der Waals surface area (Å²) in [5.74, 6) is -2.50. The van der Waals surface area contributed by atoms with E-state index in [0.717, 1.165) is 11.6 Å². The Morgan fingerprint density at radius 3 is 2.06 bits per heavy atom. The summed E-state index contributed by atoms with van der Waals surface area (Å²) >= 11 is -3.63. The predicted octanol–water partition coefficient (Wildman–Crippen LogP) is 7.18. The Morgan fingerprint density at radius 2 is 1.45 bits per heavy atom. The molecule has 2 atom stereocenters. The first-order chi connectivity index (χ1) is 14.3. The normalized spacial score (nSPS) is 21.7. The van der Waals surface area contributed by atoms with Gasteiger partial charge in [0.15, 0.2) is 0 Å². The van der Waals surface area contributed by atoms with Crippen LogP contribution in [0.5, 0.6) is 0 Å². The average molecular weight is 518 g/mol. The molecule has 2 aromatic rings. The van der Waals surface area contributed by atoms with Gasteiger partial charge in [0.2, 0.25) is 0 Å². The first-order valence-electron chi connectivity index (χ1n) is 10.8. The fourth-order valence-corrected chi connectivity index (χ4v) is 24.5. The van der Waals surface area contributed by atoms with E-state index in [9.17, 15) is 13.2 Å². The van der Waals surface area contributed by atoms with Gasteiger partial charge in [-0.3, -0.25) is 0 Å². The number of halogens is 3. The van der Waals surface area contributed by atoms with Crippen LogP contribution in [0.2, 0.25) is 9.26 Å². The van der Waals surface area contributed by atoms with Gasteiger partial charge in [-0.25, -0.2) is 0 Å². The van der Waals surface area contributed by atoms with Crippen LogP contribution in [0.15, 0.2) is 62.5 Å². The molecule has 31 heavy (non-hydrogen) atoms. The number of allylic oxidation sites excluding steroid dienone is 5. The van der Waals surface area contributed by atoms with Crippen LogP contribution in [0.4, 0.5) is 13.2 Å². The van der Waals surface area contributed by atoms with Crippen molar-refractivity contribution in [1.29, 1.82) is 0 Å². The fourth-order valence-electron chi connectivity index (χ4n) is 5.95. The Hall–Kier alpha value is -1.45. The van der Waals surface area contributed by atoms with Crippen LogP contribution in [-0.4, -0.2) is 6.88 Å². The third-order valence-electron chi connectivity index (χ3n) is 7.74.